The number of rotatable bonds is 4. The minimum absolute atomic E-state index is 0.327. The van der Waals surface area contributed by atoms with Gasteiger partial charge in [0.05, 0.1) is 11.8 Å². The maximum absolute atomic E-state index is 11.8. The van der Waals surface area contributed by atoms with Gasteiger partial charge in [-0.1, -0.05) is 34.1 Å². The molecule has 3 rings (SSSR count). The van der Waals surface area contributed by atoms with E-state index in [0.29, 0.717) is 11.3 Å². The van der Waals surface area contributed by atoms with Crippen LogP contribution in [-0.4, -0.2) is 17.1 Å². The fourth-order valence-electron chi connectivity index (χ4n) is 1.94. The van der Waals surface area contributed by atoms with Crippen molar-refractivity contribution < 1.29 is 9.21 Å². The van der Waals surface area contributed by atoms with Crippen molar-refractivity contribution in [2.45, 2.75) is 0 Å². The fourth-order valence-corrected chi connectivity index (χ4v) is 2.42. The number of aromatic nitrogens is 1. The molecule has 23 heavy (non-hydrogen) atoms. The molecule has 2 heterocycles. The summed E-state index contributed by atoms with van der Waals surface area (Å²) in [7, 11) is 0. The van der Waals surface area contributed by atoms with Gasteiger partial charge in [0.25, 0.3) is 5.91 Å². The van der Waals surface area contributed by atoms with Gasteiger partial charge in [0.1, 0.15) is 11.5 Å². The van der Waals surface area contributed by atoms with Crippen LogP contribution in [0.25, 0.3) is 11.3 Å². The number of halogens is 1. The van der Waals surface area contributed by atoms with E-state index in [1.165, 1.54) is 12.4 Å². The summed E-state index contributed by atoms with van der Waals surface area (Å²) in [5.74, 6) is 0.937. The first kappa shape index (κ1) is 15.2. The van der Waals surface area contributed by atoms with Crippen molar-refractivity contribution in [1.82, 2.24) is 10.4 Å². The van der Waals surface area contributed by atoms with E-state index in [0.717, 1.165) is 15.8 Å². The Labute approximate surface area is 141 Å². The third-order valence-corrected chi connectivity index (χ3v) is 3.74. The third-order valence-electron chi connectivity index (χ3n) is 3.05. The van der Waals surface area contributed by atoms with Gasteiger partial charge < -0.3 is 4.42 Å². The van der Waals surface area contributed by atoms with Crippen LogP contribution in [0.1, 0.15) is 16.1 Å². The first-order valence-electron chi connectivity index (χ1n) is 6.82. The van der Waals surface area contributed by atoms with E-state index in [2.05, 4.69) is 31.4 Å². The molecular weight excluding hydrogens is 358 g/mol. The van der Waals surface area contributed by atoms with Crippen molar-refractivity contribution in [2.75, 3.05) is 0 Å². The average molecular weight is 370 g/mol. The number of furan rings is 1. The van der Waals surface area contributed by atoms with Crippen LogP contribution >= 0.6 is 15.9 Å². The highest BCUT2D eigenvalue weighted by atomic mass is 79.9. The van der Waals surface area contributed by atoms with Crippen LogP contribution in [0.15, 0.2) is 74.9 Å². The molecule has 1 amide bonds. The Balaban J connectivity index is 1.68. The van der Waals surface area contributed by atoms with Crippen LogP contribution < -0.4 is 5.43 Å². The quantitative estimate of drug-likeness (QED) is 0.560. The van der Waals surface area contributed by atoms with Crippen LogP contribution in [0.4, 0.5) is 0 Å². The van der Waals surface area contributed by atoms with E-state index >= 15 is 0 Å². The second-order valence-corrected chi connectivity index (χ2v) is 5.48. The normalized spacial score (nSPS) is 10.8. The van der Waals surface area contributed by atoms with Gasteiger partial charge in [0.15, 0.2) is 0 Å². The van der Waals surface area contributed by atoms with Crippen molar-refractivity contribution >= 4 is 28.1 Å². The minimum Gasteiger partial charge on any atom is -0.455 e. The van der Waals surface area contributed by atoms with E-state index in [1.807, 2.05) is 30.3 Å². The third kappa shape index (κ3) is 3.73. The van der Waals surface area contributed by atoms with Crippen LogP contribution in [0, 0.1) is 0 Å². The Hall–Kier alpha value is -2.73. The molecule has 0 saturated heterocycles. The summed E-state index contributed by atoms with van der Waals surface area (Å²) >= 11 is 3.48. The van der Waals surface area contributed by atoms with E-state index < -0.39 is 0 Å². The van der Waals surface area contributed by atoms with Crippen LogP contribution in [0.5, 0.6) is 0 Å². The van der Waals surface area contributed by atoms with E-state index in [4.69, 9.17) is 4.42 Å². The number of carbonyl (C=O) groups is 1. The lowest BCUT2D eigenvalue weighted by Crippen LogP contribution is -2.17. The molecule has 3 aromatic rings. The first-order chi connectivity index (χ1) is 11.2. The Morgan fingerprint density at radius 2 is 2.04 bits per heavy atom. The van der Waals surface area contributed by atoms with Crippen molar-refractivity contribution in [3.63, 3.8) is 0 Å². The molecular formula is C17H12BrN3O2. The molecule has 1 aromatic carbocycles. The molecule has 0 bridgehead atoms. The average Bonchev–Trinajstić information content (AvgIpc) is 3.04. The molecule has 0 unspecified atom stereocenters. The van der Waals surface area contributed by atoms with E-state index in [-0.39, 0.29) is 5.91 Å². The molecule has 0 saturated carbocycles. The van der Waals surface area contributed by atoms with Crippen molar-refractivity contribution in [3.05, 3.63) is 76.7 Å². The number of hydrazone groups is 1. The lowest BCUT2D eigenvalue weighted by Gasteiger charge is -1.99. The zero-order valence-electron chi connectivity index (χ0n) is 11.9. The summed E-state index contributed by atoms with van der Waals surface area (Å²) in [6, 6.07) is 14.8. The van der Waals surface area contributed by atoms with E-state index in [9.17, 15) is 4.79 Å². The van der Waals surface area contributed by atoms with Crippen LogP contribution in [0.2, 0.25) is 0 Å². The maximum Gasteiger partial charge on any atom is 0.272 e. The minimum atomic E-state index is -0.327. The molecule has 0 spiro atoms. The molecule has 0 aliphatic heterocycles. The summed E-state index contributed by atoms with van der Waals surface area (Å²) in [5, 5.41) is 3.89. The number of nitrogens with one attached hydrogen (secondary N) is 1. The summed E-state index contributed by atoms with van der Waals surface area (Å²) < 4.78 is 6.64. The second kappa shape index (κ2) is 7.02. The van der Waals surface area contributed by atoms with Gasteiger partial charge in [0.2, 0.25) is 0 Å². The fraction of sp³-hybridized carbons (Fsp3) is 0. The van der Waals surface area contributed by atoms with Crippen LogP contribution in [0.3, 0.4) is 0 Å². The summed E-state index contributed by atoms with van der Waals surface area (Å²) in [6.45, 7) is 0. The molecule has 5 nitrogen and oxygen atoms in total. The number of hydrogen-bond acceptors (Lipinski definition) is 4. The SMILES string of the molecule is O=C(N/N=C\c1ccc(-c2ccccc2Br)o1)c1cccnc1. The second-order valence-electron chi connectivity index (χ2n) is 4.62. The smallest absolute Gasteiger partial charge is 0.272 e. The molecule has 0 atom stereocenters. The molecule has 0 aliphatic rings. The van der Waals surface area contributed by atoms with Crippen LogP contribution in [-0.2, 0) is 0 Å². The molecule has 1 N–H and O–H groups in total. The van der Waals surface area contributed by atoms with Gasteiger partial charge in [-0.2, -0.15) is 5.10 Å². The Morgan fingerprint density at radius 1 is 1.17 bits per heavy atom. The number of nitrogens with zero attached hydrogens (tertiary/aromatic N) is 2. The standard InChI is InChI=1S/C17H12BrN3O2/c18-15-6-2-1-5-14(15)16-8-7-13(23-16)11-20-21-17(22)12-4-3-9-19-10-12/h1-11H,(H,21,22)/b20-11-. The lowest BCUT2D eigenvalue weighted by atomic mass is 10.2. The van der Waals surface area contributed by atoms with Gasteiger partial charge in [-0.3, -0.25) is 9.78 Å². The van der Waals surface area contributed by atoms with Gasteiger partial charge in [-0.25, -0.2) is 5.43 Å². The Bertz CT molecular complexity index is 844. The van der Waals surface area contributed by atoms with Crippen molar-refractivity contribution in [3.8, 4) is 11.3 Å². The highest BCUT2D eigenvalue weighted by Gasteiger charge is 2.07. The Morgan fingerprint density at radius 3 is 2.83 bits per heavy atom. The number of benzene rings is 1. The summed E-state index contributed by atoms with van der Waals surface area (Å²) in [5.41, 5.74) is 3.82. The molecule has 2 aromatic heterocycles. The van der Waals surface area contributed by atoms with E-state index in [1.54, 1.807) is 24.4 Å². The molecule has 0 fully saturated rings. The highest BCUT2D eigenvalue weighted by Crippen LogP contribution is 2.28. The topological polar surface area (TPSA) is 67.5 Å². The number of hydrogen-bond donors (Lipinski definition) is 1. The summed E-state index contributed by atoms with van der Waals surface area (Å²) in [4.78, 5) is 15.7. The maximum atomic E-state index is 11.8. The highest BCUT2D eigenvalue weighted by molar-refractivity contribution is 9.10. The number of amides is 1. The van der Waals surface area contributed by atoms with Crippen molar-refractivity contribution in [2.24, 2.45) is 5.10 Å². The summed E-state index contributed by atoms with van der Waals surface area (Å²) in [6.07, 6.45) is 4.53. The number of carbonyl (C=O) groups excluding carboxylic acids is 1. The molecule has 6 heteroatoms. The zero-order chi connectivity index (χ0) is 16.1. The van der Waals surface area contributed by atoms with Gasteiger partial charge in [-0.15, -0.1) is 0 Å². The monoisotopic (exact) mass is 369 g/mol. The molecule has 0 radical (unpaired) electrons. The van der Waals surface area contributed by atoms with Crippen molar-refractivity contribution in [1.29, 1.82) is 0 Å². The molecule has 0 aliphatic carbocycles. The van der Waals surface area contributed by atoms with Gasteiger partial charge in [-0.05, 0) is 30.3 Å². The Kier molecular flexibility index (Phi) is 4.63. The van der Waals surface area contributed by atoms with Gasteiger partial charge in [0, 0.05) is 22.4 Å². The largest absolute Gasteiger partial charge is 0.455 e. The lowest BCUT2D eigenvalue weighted by molar-refractivity contribution is 0.0955. The van der Waals surface area contributed by atoms with Gasteiger partial charge >= 0.3 is 0 Å². The predicted octanol–water partition coefficient (Wildman–Crippen LogP) is 3.87. The first-order valence-corrected chi connectivity index (χ1v) is 7.61. The molecule has 114 valence electrons. The zero-order valence-corrected chi connectivity index (χ0v) is 13.5. The number of pyridine rings is 1. The predicted molar refractivity (Wildman–Crippen MR) is 91.1 cm³/mol.